The molecule has 2 aromatic rings. The third-order valence-electron chi connectivity index (χ3n) is 2.04. The fraction of sp³-hybridized carbons (Fsp3) is 0.167. The molecule has 1 heterocycles. The second kappa shape index (κ2) is 4.99. The molecule has 4 nitrogen and oxygen atoms in total. The van der Waals surface area contributed by atoms with E-state index in [9.17, 15) is 10.3 Å². The highest BCUT2D eigenvalue weighted by atomic mass is 16.5. The zero-order valence-corrected chi connectivity index (χ0v) is 9.18. The number of nitrogens with zero attached hydrogens (tertiary/aromatic N) is 2. The number of aromatic nitrogens is 1. The SMILES string of the molecule is CC.N#Cc1c(O)[n+](O)cc2ccccc12. The Balaban J connectivity index is 0.000000606. The molecular weight excluding hydrogens is 204 g/mol. The van der Waals surface area contributed by atoms with E-state index in [2.05, 4.69) is 0 Å². The van der Waals surface area contributed by atoms with Crippen LogP contribution >= 0.6 is 0 Å². The van der Waals surface area contributed by atoms with E-state index >= 15 is 0 Å². The van der Waals surface area contributed by atoms with Crippen LogP contribution in [0.1, 0.15) is 19.4 Å². The summed E-state index contributed by atoms with van der Waals surface area (Å²) in [5.41, 5.74) is 0.0746. The van der Waals surface area contributed by atoms with Gasteiger partial charge in [0.1, 0.15) is 6.07 Å². The zero-order valence-electron chi connectivity index (χ0n) is 9.18. The van der Waals surface area contributed by atoms with Crippen molar-refractivity contribution in [3.8, 4) is 11.9 Å². The minimum absolute atomic E-state index is 0.0746. The number of pyridine rings is 1. The second-order valence-corrected chi connectivity index (χ2v) is 2.87. The van der Waals surface area contributed by atoms with E-state index in [0.717, 1.165) is 0 Å². The highest BCUT2D eigenvalue weighted by Gasteiger charge is 2.18. The first-order chi connectivity index (χ1) is 7.74. The molecule has 0 saturated heterocycles. The van der Waals surface area contributed by atoms with Crippen LogP contribution in [0.15, 0.2) is 30.5 Å². The highest BCUT2D eigenvalue weighted by molar-refractivity contribution is 5.87. The normalized spacial score (nSPS) is 9.06. The molecule has 0 amide bonds. The smallest absolute Gasteiger partial charge is 0.433 e. The van der Waals surface area contributed by atoms with Gasteiger partial charge < -0.3 is 5.11 Å². The quantitative estimate of drug-likeness (QED) is 0.523. The summed E-state index contributed by atoms with van der Waals surface area (Å²) >= 11 is 0. The average Bonchev–Trinajstić information content (AvgIpc) is 2.33. The van der Waals surface area contributed by atoms with Crippen LogP contribution in [0.5, 0.6) is 5.88 Å². The van der Waals surface area contributed by atoms with E-state index in [-0.39, 0.29) is 5.56 Å². The van der Waals surface area contributed by atoms with Crippen LogP contribution in [0, 0.1) is 11.3 Å². The average molecular weight is 217 g/mol. The molecule has 0 radical (unpaired) electrons. The van der Waals surface area contributed by atoms with Crippen molar-refractivity contribution in [2.24, 2.45) is 0 Å². The van der Waals surface area contributed by atoms with Crippen molar-refractivity contribution in [2.45, 2.75) is 13.8 Å². The van der Waals surface area contributed by atoms with E-state index in [1.165, 1.54) is 6.20 Å². The Labute approximate surface area is 93.6 Å². The maximum atomic E-state index is 9.39. The molecule has 16 heavy (non-hydrogen) atoms. The van der Waals surface area contributed by atoms with Gasteiger partial charge in [0, 0.05) is 10.1 Å². The van der Waals surface area contributed by atoms with Gasteiger partial charge in [-0.25, -0.2) is 0 Å². The van der Waals surface area contributed by atoms with Gasteiger partial charge in [-0.3, -0.25) is 5.21 Å². The number of aromatic hydroxyl groups is 1. The fourth-order valence-electron chi connectivity index (χ4n) is 1.38. The van der Waals surface area contributed by atoms with Gasteiger partial charge in [-0.1, -0.05) is 32.0 Å². The summed E-state index contributed by atoms with van der Waals surface area (Å²) in [4.78, 5) is 0. The van der Waals surface area contributed by atoms with Crippen molar-refractivity contribution in [1.82, 2.24) is 0 Å². The lowest BCUT2D eigenvalue weighted by Gasteiger charge is -1.97. The lowest BCUT2D eigenvalue weighted by atomic mass is 10.1. The number of hydrogen-bond acceptors (Lipinski definition) is 3. The fourth-order valence-corrected chi connectivity index (χ4v) is 1.38. The summed E-state index contributed by atoms with van der Waals surface area (Å²) in [6, 6.07) is 8.88. The Hall–Kier alpha value is -2.28. The maximum absolute atomic E-state index is 9.39. The van der Waals surface area contributed by atoms with Crippen LogP contribution in [0.2, 0.25) is 0 Å². The molecule has 1 aromatic heterocycles. The number of nitriles is 1. The molecule has 0 aliphatic carbocycles. The summed E-state index contributed by atoms with van der Waals surface area (Å²) in [6.07, 6.45) is 1.35. The standard InChI is InChI=1S/C10H6N2O2.C2H6/c11-5-9-8-4-2-1-3-7(8)6-12(14)10(9)13;1-2/h1-4,6,14H;1-2H3/p+1. The van der Waals surface area contributed by atoms with Gasteiger partial charge in [-0.05, 0) is 6.07 Å². The van der Waals surface area contributed by atoms with Crippen molar-refractivity contribution in [2.75, 3.05) is 0 Å². The van der Waals surface area contributed by atoms with Gasteiger partial charge in [0.15, 0.2) is 5.56 Å². The first kappa shape index (κ1) is 11.8. The Morgan fingerprint density at radius 2 is 1.88 bits per heavy atom. The minimum Gasteiger partial charge on any atom is -0.456 e. The van der Waals surface area contributed by atoms with Crippen LogP contribution in [-0.4, -0.2) is 10.3 Å². The van der Waals surface area contributed by atoms with Gasteiger partial charge in [-0.15, -0.1) is 0 Å². The van der Waals surface area contributed by atoms with E-state index in [0.29, 0.717) is 15.5 Å². The Kier molecular flexibility index (Phi) is 3.67. The number of fused-ring (bicyclic) bond motifs is 1. The molecule has 0 fully saturated rings. The molecule has 2 N–H and O–H groups in total. The third-order valence-corrected chi connectivity index (χ3v) is 2.04. The summed E-state index contributed by atoms with van der Waals surface area (Å²) in [5, 5.41) is 28.8. The second-order valence-electron chi connectivity index (χ2n) is 2.87. The zero-order chi connectivity index (χ0) is 12.1. The van der Waals surface area contributed by atoms with E-state index < -0.39 is 5.88 Å². The van der Waals surface area contributed by atoms with Gasteiger partial charge in [0.2, 0.25) is 6.20 Å². The molecule has 82 valence electrons. The Morgan fingerprint density at radius 3 is 2.50 bits per heavy atom. The first-order valence-electron chi connectivity index (χ1n) is 5.00. The molecule has 0 spiro atoms. The van der Waals surface area contributed by atoms with Crippen LogP contribution in [0.25, 0.3) is 10.8 Å². The number of rotatable bonds is 0. The van der Waals surface area contributed by atoms with Crippen LogP contribution in [-0.2, 0) is 0 Å². The molecule has 1 aromatic carbocycles. The minimum atomic E-state index is -0.439. The van der Waals surface area contributed by atoms with Crippen LogP contribution in [0.4, 0.5) is 0 Å². The molecule has 0 atom stereocenters. The molecule has 0 aliphatic heterocycles. The molecule has 0 bridgehead atoms. The molecule has 2 rings (SSSR count). The summed E-state index contributed by atoms with van der Waals surface area (Å²) < 4.78 is 0.543. The van der Waals surface area contributed by atoms with E-state index in [1.807, 2.05) is 19.9 Å². The van der Waals surface area contributed by atoms with Gasteiger partial charge >= 0.3 is 5.88 Å². The first-order valence-corrected chi connectivity index (χ1v) is 5.00. The predicted octanol–water partition coefficient (Wildman–Crippen LogP) is 1.97. The molecule has 4 heteroatoms. The molecule has 0 unspecified atom stereocenters. The Bertz CT molecular complexity index is 544. The largest absolute Gasteiger partial charge is 0.456 e. The lowest BCUT2D eigenvalue weighted by Crippen LogP contribution is -2.30. The van der Waals surface area contributed by atoms with E-state index in [1.54, 1.807) is 24.3 Å². The van der Waals surface area contributed by atoms with Gasteiger partial charge in [0.25, 0.3) is 0 Å². The van der Waals surface area contributed by atoms with Crippen LogP contribution < -0.4 is 4.73 Å². The van der Waals surface area contributed by atoms with Crippen molar-refractivity contribution >= 4 is 10.8 Å². The monoisotopic (exact) mass is 217 g/mol. The van der Waals surface area contributed by atoms with Crippen molar-refractivity contribution in [3.05, 3.63) is 36.0 Å². The molecule has 0 saturated carbocycles. The lowest BCUT2D eigenvalue weighted by molar-refractivity contribution is -0.906. The summed E-state index contributed by atoms with van der Waals surface area (Å²) in [6.45, 7) is 4.00. The number of benzene rings is 1. The van der Waals surface area contributed by atoms with Gasteiger partial charge in [0.05, 0.1) is 5.39 Å². The van der Waals surface area contributed by atoms with Crippen molar-refractivity contribution < 1.29 is 15.0 Å². The molecule has 0 aliphatic rings. The molecular formula is C12H13N2O2+. The maximum Gasteiger partial charge on any atom is 0.433 e. The Morgan fingerprint density at radius 1 is 1.25 bits per heavy atom. The summed E-state index contributed by atoms with van der Waals surface area (Å²) in [7, 11) is 0. The highest BCUT2D eigenvalue weighted by Crippen LogP contribution is 2.21. The van der Waals surface area contributed by atoms with E-state index in [4.69, 9.17) is 5.26 Å². The van der Waals surface area contributed by atoms with Gasteiger partial charge in [-0.2, -0.15) is 5.26 Å². The number of hydrogen-bond donors (Lipinski definition) is 2. The predicted molar refractivity (Wildman–Crippen MR) is 59.1 cm³/mol. The summed E-state index contributed by atoms with van der Waals surface area (Å²) in [5.74, 6) is -0.439. The van der Waals surface area contributed by atoms with Crippen molar-refractivity contribution in [3.63, 3.8) is 0 Å². The van der Waals surface area contributed by atoms with Crippen LogP contribution in [0.3, 0.4) is 0 Å². The topological polar surface area (TPSA) is 68.1 Å². The van der Waals surface area contributed by atoms with Crippen molar-refractivity contribution in [1.29, 1.82) is 5.26 Å². The third kappa shape index (κ3) is 1.89.